The number of para-hydroxylation sites is 2. The molecule has 0 unspecified atom stereocenters. The Morgan fingerprint density at radius 3 is 2.23 bits per heavy atom. The van der Waals surface area contributed by atoms with Gasteiger partial charge >= 0.3 is 5.97 Å². The molecule has 0 fully saturated rings. The van der Waals surface area contributed by atoms with Crippen molar-refractivity contribution in [2.24, 2.45) is 0 Å². The summed E-state index contributed by atoms with van der Waals surface area (Å²) in [5.74, 6) is -0.975. The number of nitrogens with zero attached hydrogens (tertiary/aromatic N) is 2. The van der Waals surface area contributed by atoms with Gasteiger partial charge in [-0.3, -0.25) is 9.59 Å². The number of benzene rings is 5. The predicted octanol–water partition coefficient (Wildman–Crippen LogP) is 8.00. The van der Waals surface area contributed by atoms with E-state index in [4.69, 9.17) is 16.3 Å². The van der Waals surface area contributed by atoms with Gasteiger partial charge in [0, 0.05) is 33.5 Å². The van der Waals surface area contributed by atoms with Crippen LogP contribution >= 0.6 is 23.1 Å². The Morgan fingerprint density at radius 1 is 0.812 bits per heavy atom. The zero-order valence-corrected chi connectivity index (χ0v) is 26.7. The molecule has 0 aliphatic carbocycles. The fourth-order valence-electron chi connectivity index (χ4n) is 4.99. The van der Waals surface area contributed by atoms with Gasteiger partial charge in [-0.05, 0) is 71.2 Å². The van der Waals surface area contributed by atoms with Crippen molar-refractivity contribution in [3.05, 3.63) is 148 Å². The lowest BCUT2D eigenvalue weighted by Crippen LogP contribution is -2.42. The normalized spacial score (nSPS) is 11.4. The first-order chi connectivity index (χ1) is 23.3. The molecule has 1 atom stereocenters. The third-order valence-electron chi connectivity index (χ3n) is 7.44. The summed E-state index contributed by atoms with van der Waals surface area (Å²) in [5, 5.41) is 21.4. The Labute approximate surface area is 285 Å². The number of hydrogen-bond donors (Lipinski definition) is 3. The first-order valence-corrected chi connectivity index (χ1v) is 16.0. The number of rotatable bonds is 11. The standard InChI is InChI=1S/C37H27ClN4O5S/c38-27-18-19-31(39-35(43)26-16-14-25(15-17-26)33-22-48-42-41-33)30(21-27)36(44)40-32(37(45)46)20-23-10-12-24(13-11-23)29-8-4-5-9-34(29)47-28-6-2-1-3-7-28/h1-19,21-22,32H,20H2,(H,39,43)(H,40,44)(H,45,46)/t32-/m0/s1. The van der Waals surface area contributed by atoms with E-state index in [0.717, 1.165) is 16.7 Å². The molecule has 0 bridgehead atoms. The van der Waals surface area contributed by atoms with Gasteiger partial charge in [0.05, 0.1) is 11.3 Å². The second kappa shape index (κ2) is 14.7. The molecule has 0 saturated heterocycles. The van der Waals surface area contributed by atoms with Crippen molar-refractivity contribution in [2.75, 3.05) is 5.32 Å². The zero-order valence-electron chi connectivity index (χ0n) is 25.2. The number of halogens is 1. The number of carboxylic acid groups (broad SMARTS) is 1. The number of hydrogen-bond acceptors (Lipinski definition) is 7. The van der Waals surface area contributed by atoms with Gasteiger partial charge < -0.3 is 20.5 Å². The number of nitrogens with one attached hydrogen (secondary N) is 2. The largest absolute Gasteiger partial charge is 0.480 e. The van der Waals surface area contributed by atoms with Crippen molar-refractivity contribution < 1.29 is 24.2 Å². The number of carbonyl (C=O) groups excluding carboxylic acids is 2. The Bertz CT molecular complexity index is 2060. The van der Waals surface area contributed by atoms with E-state index < -0.39 is 23.8 Å². The van der Waals surface area contributed by atoms with Gasteiger partial charge in [-0.2, -0.15) is 0 Å². The summed E-state index contributed by atoms with van der Waals surface area (Å²) in [6.07, 6.45) is 0.0205. The van der Waals surface area contributed by atoms with Crippen molar-refractivity contribution >= 4 is 46.6 Å². The number of anilines is 1. The summed E-state index contributed by atoms with van der Waals surface area (Å²) in [7, 11) is 0. The van der Waals surface area contributed by atoms with E-state index in [-0.39, 0.29) is 22.7 Å². The molecular formula is C37H27ClN4O5S. The van der Waals surface area contributed by atoms with Crippen molar-refractivity contribution in [2.45, 2.75) is 12.5 Å². The van der Waals surface area contributed by atoms with Gasteiger partial charge in [-0.25, -0.2) is 4.79 Å². The summed E-state index contributed by atoms with van der Waals surface area (Å²) in [5.41, 5.74) is 4.52. The fourth-order valence-corrected chi connectivity index (χ4v) is 5.63. The lowest BCUT2D eigenvalue weighted by Gasteiger charge is -2.17. The Balaban J connectivity index is 1.15. The SMILES string of the molecule is O=C(Nc1ccc(Cl)cc1C(=O)N[C@@H](Cc1ccc(-c2ccccc2Oc2ccccc2)cc1)C(=O)O)c1ccc(-c2csnn2)cc1. The van der Waals surface area contributed by atoms with E-state index in [9.17, 15) is 19.5 Å². The first kappa shape index (κ1) is 32.1. The van der Waals surface area contributed by atoms with Gasteiger partial charge in [0.2, 0.25) is 0 Å². The Morgan fingerprint density at radius 2 is 1.52 bits per heavy atom. The zero-order chi connectivity index (χ0) is 33.5. The molecule has 0 aliphatic heterocycles. The van der Waals surface area contributed by atoms with Gasteiger partial charge in [0.25, 0.3) is 11.8 Å². The maximum atomic E-state index is 13.4. The van der Waals surface area contributed by atoms with Crippen molar-refractivity contribution in [1.82, 2.24) is 14.9 Å². The van der Waals surface area contributed by atoms with Crippen LogP contribution in [0, 0.1) is 0 Å². The molecule has 1 heterocycles. The highest BCUT2D eigenvalue weighted by atomic mass is 35.5. The van der Waals surface area contributed by atoms with Crippen LogP contribution in [0.15, 0.2) is 127 Å². The number of carbonyl (C=O) groups is 3. The molecule has 9 nitrogen and oxygen atoms in total. The number of amides is 2. The van der Waals surface area contributed by atoms with E-state index in [2.05, 4.69) is 20.2 Å². The fraction of sp³-hybridized carbons (Fsp3) is 0.0541. The molecule has 6 rings (SSSR count). The maximum Gasteiger partial charge on any atom is 0.326 e. The number of aromatic nitrogens is 2. The molecule has 0 spiro atoms. The molecule has 2 amide bonds. The third-order valence-corrected chi connectivity index (χ3v) is 8.18. The minimum Gasteiger partial charge on any atom is -0.480 e. The van der Waals surface area contributed by atoms with Crippen LogP contribution in [0.1, 0.15) is 26.3 Å². The Hall–Kier alpha value is -5.84. The molecule has 238 valence electrons. The highest BCUT2D eigenvalue weighted by Crippen LogP contribution is 2.33. The minimum atomic E-state index is -1.26. The summed E-state index contributed by atoms with van der Waals surface area (Å²) in [6.45, 7) is 0. The molecular weight excluding hydrogens is 648 g/mol. The van der Waals surface area contributed by atoms with Gasteiger partial charge in [-0.1, -0.05) is 88.9 Å². The van der Waals surface area contributed by atoms with Gasteiger partial charge in [0.1, 0.15) is 23.2 Å². The average Bonchev–Trinajstić information content (AvgIpc) is 3.65. The van der Waals surface area contributed by atoms with E-state index in [1.807, 2.05) is 78.9 Å². The van der Waals surface area contributed by atoms with E-state index >= 15 is 0 Å². The van der Waals surface area contributed by atoms with Crippen LogP contribution in [0.2, 0.25) is 5.02 Å². The van der Waals surface area contributed by atoms with Crippen LogP contribution in [0.4, 0.5) is 5.69 Å². The molecule has 5 aromatic carbocycles. The second-order valence-electron chi connectivity index (χ2n) is 10.7. The summed E-state index contributed by atoms with van der Waals surface area (Å²) < 4.78 is 9.95. The lowest BCUT2D eigenvalue weighted by molar-refractivity contribution is -0.139. The van der Waals surface area contributed by atoms with Crippen LogP contribution in [0.25, 0.3) is 22.4 Å². The van der Waals surface area contributed by atoms with Crippen molar-refractivity contribution in [3.8, 4) is 33.9 Å². The second-order valence-corrected chi connectivity index (χ2v) is 11.7. The van der Waals surface area contributed by atoms with Crippen LogP contribution in [-0.4, -0.2) is 38.5 Å². The average molecular weight is 675 g/mol. The lowest BCUT2D eigenvalue weighted by atomic mass is 9.99. The molecule has 48 heavy (non-hydrogen) atoms. The third kappa shape index (κ3) is 7.75. The van der Waals surface area contributed by atoms with E-state index in [0.29, 0.717) is 28.3 Å². The summed E-state index contributed by atoms with van der Waals surface area (Å²) in [6, 6.07) is 34.5. The van der Waals surface area contributed by atoms with Crippen LogP contribution in [-0.2, 0) is 11.2 Å². The monoisotopic (exact) mass is 674 g/mol. The van der Waals surface area contributed by atoms with Crippen LogP contribution in [0.5, 0.6) is 11.5 Å². The van der Waals surface area contributed by atoms with Crippen LogP contribution in [0.3, 0.4) is 0 Å². The summed E-state index contributed by atoms with van der Waals surface area (Å²) in [4.78, 5) is 38.8. The van der Waals surface area contributed by atoms with Gasteiger partial charge in [-0.15, -0.1) is 5.10 Å². The Kier molecular flexibility index (Phi) is 9.85. The molecule has 11 heteroatoms. The highest BCUT2D eigenvalue weighted by Gasteiger charge is 2.24. The van der Waals surface area contributed by atoms with Crippen molar-refractivity contribution in [3.63, 3.8) is 0 Å². The number of aliphatic carboxylic acids is 1. The van der Waals surface area contributed by atoms with Crippen molar-refractivity contribution in [1.29, 1.82) is 0 Å². The van der Waals surface area contributed by atoms with E-state index in [1.54, 1.807) is 29.6 Å². The minimum absolute atomic E-state index is 0.0205. The molecule has 1 aromatic heterocycles. The number of ether oxygens (including phenoxy) is 1. The molecule has 0 aliphatic rings. The summed E-state index contributed by atoms with van der Waals surface area (Å²) >= 11 is 7.43. The molecule has 3 N–H and O–H groups in total. The van der Waals surface area contributed by atoms with E-state index in [1.165, 1.54) is 29.7 Å². The first-order valence-electron chi connectivity index (χ1n) is 14.8. The maximum absolute atomic E-state index is 13.4. The molecule has 0 radical (unpaired) electrons. The highest BCUT2D eigenvalue weighted by molar-refractivity contribution is 7.03. The molecule has 6 aromatic rings. The predicted molar refractivity (Wildman–Crippen MR) is 186 cm³/mol. The quantitative estimate of drug-likeness (QED) is 0.127. The molecule has 0 saturated carbocycles. The number of carboxylic acids is 1. The van der Waals surface area contributed by atoms with Crippen LogP contribution < -0.4 is 15.4 Å². The van der Waals surface area contributed by atoms with Gasteiger partial charge in [0.15, 0.2) is 0 Å². The topological polar surface area (TPSA) is 131 Å². The smallest absolute Gasteiger partial charge is 0.326 e.